The van der Waals surface area contributed by atoms with Gasteiger partial charge in [-0.15, -0.1) is 0 Å². The lowest BCUT2D eigenvalue weighted by Crippen LogP contribution is -2.01. The first-order valence-electron chi connectivity index (χ1n) is 6.71. The van der Waals surface area contributed by atoms with Gasteiger partial charge in [0.05, 0.1) is 5.03 Å². The highest BCUT2D eigenvalue weighted by molar-refractivity contribution is 7.99. The fraction of sp³-hybridized carbons (Fsp3) is 0.200. The molecule has 0 bridgehead atoms. The molecule has 2 N–H and O–H groups in total. The van der Waals surface area contributed by atoms with Crippen molar-refractivity contribution in [1.82, 2.24) is 15.0 Å². The van der Waals surface area contributed by atoms with Gasteiger partial charge in [0.25, 0.3) is 0 Å². The van der Waals surface area contributed by atoms with Gasteiger partial charge in [0.1, 0.15) is 10.8 Å². The Kier molecular flexibility index (Phi) is 4.36. The summed E-state index contributed by atoms with van der Waals surface area (Å²) in [5.74, 6) is 0.871. The van der Waals surface area contributed by atoms with Crippen molar-refractivity contribution in [3.05, 3.63) is 36.4 Å². The number of aromatic amines is 1. The summed E-state index contributed by atoms with van der Waals surface area (Å²) >= 11 is 3.18. The smallest absolute Gasteiger partial charge is 0.190 e. The van der Waals surface area contributed by atoms with Gasteiger partial charge in [-0.1, -0.05) is 41.7 Å². The second-order valence-electron chi connectivity index (χ2n) is 4.43. The molecule has 0 amide bonds. The minimum atomic E-state index is 0.784. The Morgan fingerprint density at radius 1 is 1.19 bits per heavy atom. The third-order valence-corrected chi connectivity index (χ3v) is 4.35. The molecule has 2 heterocycles. The first-order chi connectivity index (χ1) is 10.3. The van der Waals surface area contributed by atoms with Crippen LogP contribution in [0.4, 0.5) is 5.82 Å². The minimum Gasteiger partial charge on any atom is -0.370 e. The summed E-state index contributed by atoms with van der Waals surface area (Å²) in [6.07, 6.45) is 1.99. The second-order valence-corrected chi connectivity index (χ2v) is 6.27. The van der Waals surface area contributed by atoms with Crippen LogP contribution < -0.4 is 5.32 Å². The lowest BCUT2D eigenvalue weighted by molar-refractivity contribution is 0.890. The van der Waals surface area contributed by atoms with Crippen LogP contribution in [0.15, 0.2) is 51.6 Å². The number of fused-ring (bicyclic) bond motifs is 1. The highest BCUT2D eigenvalue weighted by atomic mass is 32.2. The van der Waals surface area contributed by atoms with Crippen LogP contribution in [0.25, 0.3) is 10.9 Å². The molecule has 3 rings (SSSR count). The maximum absolute atomic E-state index is 4.55. The number of H-pyrrole nitrogens is 1. The normalized spacial score (nSPS) is 11.0. The number of thioether (sulfide) groups is 1. The molecule has 4 nitrogen and oxygen atoms in total. The highest BCUT2D eigenvalue weighted by Crippen LogP contribution is 2.30. The van der Waals surface area contributed by atoms with Crippen molar-refractivity contribution in [3.8, 4) is 0 Å². The van der Waals surface area contributed by atoms with Gasteiger partial charge >= 0.3 is 0 Å². The van der Waals surface area contributed by atoms with E-state index in [1.54, 1.807) is 23.5 Å². The molecule has 0 saturated carbocycles. The van der Waals surface area contributed by atoms with Crippen LogP contribution in [0.1, 0.15) is 6.92 Å². The van der Waals surface area contributed by atoms with E-state index in [1.165, 1.54) is 5.39 Å². The van der Waals surface area contributed by atoms with E-state index in [9.17, 15) is 0 Å². The summed E-state index contributed by atoms with van der Waals surface area (Å²) in [6.45, 7) is 2.91. The van der Waals surface area contributed by atoms with Gasteiger partial charge in [-0.25, -0.2) is 9.97 Å². The number of rotatable bonds is 5. The van der Waals surface area contributed by atoms with Crippen LogP contribution in [-0.4, -0.2) is 27.8 Å². The van der Waals surface area contributed by atoms with Gasteiger partial charge in [0, 0.05) is 23.5 Å². The topological polar surface area (TPSA) is 53.6 Å². The first kappa shape index (κ1) is 14.3. The first-order valence-corrected chi connectivity index (χ1v) is 8.75. The van der Waals surface area contributed by atoms with E-state index in [2.05, 4.69) is 45.4 Å². The highest BCUT2D eigenvalue weighted by Gasteiger charge is 2.07. The van der Waals surface area contributed by atoms with Crippen LogP contribution in [0.3, 0.4) is 0 Å². The van der Waals surface area contributed by atoms with Gasteiger partial charge in [-0.05, 0) is 25.3 Å². The maximum atomic E-state index is 4.55. The molecule has 2 aromatic heterocycles. The largest absolute Gasteiger partial charge is 0.370 e. The van der Waals surface area contributed by atoms with Crippen LogP contribution in [0.2, 0.25) is 0 Å². The fourth-order valence-electron chi connectivity index (χ4n) is 2.03. The number of hydrogen-bond acceptors (Lipinski definition) is 5. The quantitative estimate of drug-likeness (QED) is 0.418. The third kappa shape index (κ3) is 3.33. The number of anilines is 1. The monoisotopic (exact) mass is 316 g/mol. The Hall–Kier alpha value is -1.66. The Morgan fingerprint density at radius 3 is 2.81 bits per heavy atom. The van der Waals surface area contributed by atoms with Crippen LogP contribution in [-0.2, 0) is 0 Å². The maximum Gasteiger partial charge on any atom is 0.190 e. The third-order valence-electron chi connectivity index (χ3n) is 2.94. The Morgan fingerprint density at radius 2 is 2.05 bits per heavy atom. The molecule has 0 aliphatic rings. The predicted octanol–water partition coefficient (Wildman–Crippen LogP) is 4.26. The van der Waals surface area contributed by atoms with E-state index in [1.807, 2.05) is 24.5 Å². The van der Waals surface area contributed by atoms with E-state index in [0.29, 0.717) is 0 Å². The molecule has 0 atom stereocenters. The van der Waals surface area contributed by atoms with Crippen molar-refractivity contribution in [2.24, 2.45) is 0 Å². The van der Waals surface area contributed by atoms with E-state index in [-0.39, 0.29) is 0 Å². The molecule has 1 aromatic carbocycles. The summed E-state index contributed by atoms with van der Waals surface area (Å²) in [5, 5.41) is 7.27. The fourth-order valence-corrected chi connectivity index (χ4v) is 3.35. The van der Waals surface area contributed by atoms with Crippen LogP contribution in [0.5, 0.6) is 0 Å². The zero-order valence-corrected chi connectivity index (χ0v) is 13.5. The standard InChI is InChI=1S/C15H16N4S2/c1-3-16-12-9-14(19-15(18-12)20-2)21-13-8-10-6-4-5-7-11(10)17-13/h4-9,17H,3H2,1-2H3,(H,16,18,19). The van der Waals surface area contributed by atoms with Crippen molar-refractivity contribution >= 4 is 40.2 Å². The Labute approximate surface area is 132 Å². The average molecular weight is 316 g/mol. The number of hydrogen-bond donors (Lipinski definition) is 2. The molecule has 0 spiro atoms. The molecule has 3 aromatic rings. The molecular formula is C15H16N4S2. The van der Waals surface area contributed by atoms with Crippen molar-refractivity contribution in [1.29, 1.82) is 0 Å². The van der Waals surface area contributed by atoms with Gasteiger partial charge < -0.3 is 10.3 Å². The number of benzene rings is 1. The van der Waals surface area contributed by atoms with Crippen LogP contribution >= 0.6 is 23.5 Å². The molecule has 0 aliphatic carbocycles. The van der Waals surface area contributed by atoms with Gasteiger partial charge in [-0.3, -0.25) is 0 Å². The zero-order valence-electron chi connectivity index (χ0n) is 11.9. The number of nitrogens with zero attached hydrogens (tertiary/aromatic N) is 2. The lowest BCUT2D eigenvalue weighted by atomic mass is 10.3. The van der Waals surface area contributed by atoms with E-state index >= 15 is 0 Å². The van der Waals surface area contributed by atoms with E-state index < -0.39 is 0 Å². The van der Waals surface area contributed by atoms with Gasteiger partial charge in [0.15, 0.2) is 5.16 Å². The molecule has 6 heteroatoms. The summed E-state index contributed by atoms with van der Waals surface area (Å²) < 4.78 is 0. The van der Waals surface area contributed by atoms with Gasteiger partial charge in [0.2, 0.25) is 0 Å². The molecule has 0 fully saturated rings. The molecular weight excluding hydrogens is 300 g/mol. The summed E-state index contributed by atoms with van der Waals surface area (Å²) in [4.78, 5) is 12.4. The SMILES string of the molecule is CCNc1cc(Sc2cc3ccccc3[nH]2)nc(SC)n1. The number of nitrogens with one attached hydrogen (secondary N) is 2. The average Bonchev–Trinajstić information content (AvgIpc) is 2.89. The summed E-state index contributed by atoms with van der Waals surface area (Å²) in [6, 6.07) is 12.4. The van der Waals surface area contributed by atoms with Crippen LogP contribution in [0, 0.1) is 0 Å². The minimum absolute atomic E-state index is 0.784. The summed E-state index contributed by atoms with van der Waals surface area (Å²) in [7, 11) is 0. The second kappa shape index (κ2) is 6.41. The van der Waals surface area contributed by atoms with E-state index in [4.69, 9.17) is 0 Å². The lowest BCUT2D eigenvalue weighted by Gasteiger charge is -2.06. The molecule has 108 valence electrons. The Bertz CT molecular complexity index is 721. The van der Waals surface area contributed by atoms with E-state index in [0.717, 1.165) is 33.1 Å². The van der Waals surface area contributed by atoms with Crippen molar-refractivity contribution in [2.45, 2.75) is 22.1 Å². The zero-order chi connectivity index (χ0) is 14.7. The number of para-hydroxylation sites is 1. The van der Waals surface area contributed by atoms with Crippen molar-refractivity contribution in [3.63, 3.8) is 0 Å². The van der Waals surface area contributed by atoms with Crippen molar-refractivity contribution < 1.29 is 0 Å². The predicted molar refractivity (Wildman–Crippen MR) is 90.4 cm³/mol. The molecule has 0 unspecified atom stereocenters. The Balaban J connectivity index is 1.90. The van der Waals surface area contributed by atoms with Gasteiger partial charge in [-0.2, -0.15) is 0 Å². The summed E-state index contributed by atoms with van der Waals surface area (Å²) in [5.41, 5.74) is 1.14. The molecule has 0 aliphatic heterocycles. The number of aromatic nitrogens is 3. The molecule has 21 heavy (non-hydrogen) atoms. The molecule has 0 radical (unpaired) electrons. The van der Waals surface area contributed by atoms with Crippen molar-refractivity contribution in [2.75, 3.05) is 18.1 Å². The molecule has 0 saturated heterocycles.